The smallest absolute Gasteiger partial charge is 0.147 e. The van der Waals surface area contributed by atoms with Crippen molar-refractivity contribution in [1.82, 2.24) is 0 Å². The highest BCUT2D eigenvalue weighted by atomic mass is 127. The molecule has 0 bridgehead atoms. The van der Waals surface area contributed by atoms with E-state index in [1.54, 1.807) is 18.7 Å². The molecule has 1 rings (SSSR count). The molecular formula is C10H10BrIOS. The minimum Gasteiger partial charge on any atom is -0.298 e. The predicted molar refractivity (Wildman–Crippen MR) is 73.3 cm³/mol. The van der Waals surface area contributed by atoms with E-state index in [4.69, 9.17) is 0 Å². The zero-order valence-corrected chi connectivity index (χ0v) is 12.4. The Labute approximate surface area is 110 Å². The first-order valence-corrected chi connectivity index (χ1v) is 7.26. The van der Waals surface area contributed by atoms with E-state index in [0.717, 1.165) is 14.0 Å². The number of ketones is 1. The number of rotatable bonds is 3. The Morgan fingerprint density at radius 1 is 1.57 bits per heavy atom. The molecule has 1 atom stereocenters. The second kappa shape index (κ2) is 5.51. The van der Waals surface area contributed by atoms with Gasteiger partial charge in [-0.25, -0.2) is 0 Å². The molecule has 0 aliphatic heterocycles. The highest BCUT2D eigenvalue weighted by molar-refractivity contribution is 14.1. The van der Waals surface area contributed by atoms with E-state index >= 15 is 0 Å². The Hall–Kier alpha value is 0.450. The molecule has 14 heavy (non-hydrogen) atoms. The van der Waals surface area contributed by atoms with Crippen LogP contribution >= 0.6 is 50.3 Å². The number of hydrogen-bond donors (Lipinski definition) is 0. The van der Waals surface area contributed by atoms with E-state index in [-0.39, 0.29) is 10.6 Å². The molecule has 0 saturated heterocycles. The Morgan fingerprint density at radius 3 is 2.71 bits per heavy atom. The van der Waals surface area contributed by atoms with Gasteiger partial charge in [0.15, 0.2) is 0 Å². The van der Waals surface area contributed by atoms with Gasteiger partial charge in [-0.1, -0.05) is 15.9 Å². The molecule has 1 aromatic carbocycles. The molecule has 1 nitrogen and oxygen atoms in total. The average Bonchev–Trinajstić information content (AvgIpc) is 2.16. The van der Waals surface area contributed by atoms with E-state index in [1.165, 1.54) is 0 Å². The van der Waals surface area contributed by atoms with Crippen LogP contribution in [-0.2, 0) is 4.79 Å². The zero-order chi connectivity index (χ0) is 10.7. The van der Waals surface area contributed by atoms with Crippen LogP contribution in [-0.4, -0.2) is 12.0 Å². The van der Waals surface area contributed by atoms with Crippen molar-refractivity contribution in [3.8, 4) is 0 Å². The van der Waals surface area contributed by atoms with Crippen molar-refractivity contribution in [3.63, 3.8) is 0 Å². The third-order valence-corrected chi connectivity index (χ3v) is 4.44. The van der Waals surface area contributed by atoms with E-state index < -0.39 is 0 Å². The van der Waals surface area contributed by atoms with Gasteiger partial charge < -0.3 is 0 Å². The molecule has 0 aliphatic rings. The summed E-state index contributed by atoms with van der Waals surface area (Å²) in [6.45, 7) is 1.60. The molecule has 0 saturated carbocycles. The number of hydrogen-bond acceptors (Lipinski definition) is 2. The normalized spacial score (nSPS) is 12.6. The van der Waals surface area contributed by atoms with Crippen LogP contribution in [0.15, 0.2) is 23.1 Å². The topological polar surface area (TPSA) is 17.1 Å². The maximum absolute atomic E-state index is 11.3. The SMILES string of the molecule is CSc1ccc(I)cc1C(Br)C(C)=O. The lowest BCUT2D eigenvalue weighted by molar-refractivity contribution is -0.116. The minimum atomic E-state index is -0.181. The molecule has 0 heterocycles. The van der Waals surface area contributed by atoms with Crippen molar-refractivity contribution >= 4 is 56.1 Å². The molecule has 0 N–H and O–H groups in total. The third kappa shape index (κ3) is 2.97. The van der Waals surface area contributed by atoms with E-state index in [1.807, 2.05) is 12.3 Å². The van der Waals surface area contributed by atoms with Gasteiger partial charge in [0.1, 0.15) is 5.78 Å². The van der Waals surface area contributed by atoms with Crippen LogP contribution in [0, 0.1) is 3.57 Å². The summed E-state index contributed by atoms with van der Waals surface area (Å²) < 4.78 is 1.15. The zero-order valence-electron chi connectivity index (χ0n) is 7.88. The second-order valence-electron chi connectivity index (χ2n) is 2.86. The van der Waals surface area contributed by atoms with Gasteiger partial charge in [-0.2, -0.15) is 0 Å². The van der Waals surface area contributed by atoms with Gasteiger partial charge in [0.05, 0.1) is 4.83 Å². The monoisotopic (exact) mass is 384 g/mol. The first kappa shape index (κ1) is 12.5. The number of carbonyl (C=O) groups excluding carboxylic acids is 1. The largest absolute Gasteiger partial charge is 0.298 e. The first-order chi connectivity index (χ1) is 6.56. The average molecular weight is 385 g/mol. The first-order valence-electron chi connectivity index (χ1n) is 4.04. The number of alkyl halides is 1. The van der Waals surface area contributed by atoms with E-state index in [9.17, 15) is 4.79 Å². The molecule has 0 fully saturated rings. The summed E-state index contributed by atoms with van der Waals surface area (Å²) in [5.41, 5.74) is 1.07. The Morgan fingerprint density at radius 2 is 2.21 bits per heavy atom. The fourth-order valence-electron chi connectivity index (χ4n) is 1.12. The van der Waals surface area contributed by atoms with E-state index in [2.05, 4.69) is 50.7 Å². The molecule has 0 aliphatic carbocycles. The molecule has 1 aromatic rings. The molecule has 0 amide bonds. The van der Waals surface area contributed by atoms with Crippen molar-refractivity contribution in [2.45, 2.75) is 16.6 Å². The molecular weight excluding hydrogens is 375 g/mol. The maximum atomic E-state index is 11.3. The fourth-order valence-corrected chi connectivity index (χ4v) is 2.78. The van der Waals surface area contributed by atoms with Gasteiger partial charge in [0.25, 0.3) is 0 Å². The van der Waals surface area contributed by atoms with Crippen molar-refractivity contribution in [3.05, 3.63) is 27.3 Å². The van der Waals surface area contributed by atoms with E-state index in [0.29, 0.717) is 0 Å². The summed E-state index contributed by atoms with van der Waals surface area (Å²) in [5, 5.41) is 0. The van der Waals surface area contributed by atoms with Crippen LogP contribution < -0.4 is 0 Å². The second-order valence-corrected chi connectivity index (χ2v) is 5.87. The Balaban J connectivity index is 3.16. The third-order valence-electron chi connectivity index (χ3n) is 1.82. The lowest BCUT2D eigenvalue weighted by Crippen LogP contribution is -2.02. The predicted octanol–water partition coefficient (Wildman–Crippen LogP) is 4.04. The lowest BCUT2D eigenvalue weighted by Gasteiger charge is -2.11. The molecule has 0 aromatic heterocycles. The molecule has 1 unspecified atom stereocenters. The molecule has 0 spiro atoms. The number of thioether (sulfide) groups is 1. The van der Waals surface area contributed by atoms with Gasteiger partial charge in [-0.15, -0.1) is 11.8 Å². The van der Waals surface area contributed by atoms with Crippen LogP contribution in [0.4, 0.5) is 0 Å². The van der Waals surface area contributed by atoms with Crippen LogP contribution in [0.25, 0.3) is 0 Å². The van der Waals surface area contributed by atoms with Crippen molar-refractivity contribution in [2.75, 3.05) is 6.26 Å². The molecule has 0 radical (unpaired) electrons. The summed E-state index contributed by atoms with van der Waals surface area (Å²) in [4.78, 5) is 12.2. The van der Waals surface area contributed by atoms with Crippen molar-refractivity contribution in [2.24, 2.45) is 0 Å². The summed E-state index contributed by atoms with van der Waals surface area (Å²) in [5.74, 6) is 0.141. The van der Waals surface area contributed by atoms with Gasteiger partial charge in [-0.3, -0.25) is 4.79 Å². The maximum Gasteiger partial charge on any atom is 0.147 e. The quantitative estimate of drug-likeness (QED) is 0.444. The number of Topliss-reactive ketones (excluding diaryl/α,β-unsaturated/α-hetero) is 1. The molecule has 4 heteroatoms. The summed E-state index contributed by atoms with van der Waals surface area (Å²) in [7, 11) is 0. The van der Waals surface area contributed by atoms with Gasteiger partial charge in [0, 0.05) is 8.47 Å². The van der Waals surface area contributed by atoms with Gasteiger partial charge >= 0.3 is 0 Å². The molecule has 76 valence electrons. The lowest BCUT2D eigenvalue weighted by atomic mass is 10.1. The summed E-state index contributed by atoms with van der Waals surface area (Å²) >= 11 is 7.33. The number of halogens is 2. The van der Waals surface area contributed by atoms with Crippen LogP contribution in [0.2, 0.25) is 0 Å². The van der Waals surface area contributed by atoms with Crippen molar-refractivity contribution in [1.29, 1.82) is 0 Å². The van der Waals surface area contributed by atoms with Crippen LogP contribution in [0.1, 0.15) is 17.3 Å². The van der Waals surface area contributed by atoms with Crippen LogP contribution in [0.5, 0.6) is 0 Å². The summed E-state index contributed by atoms with van der Waals surface area (Å²) in [6, 6.07) is 6.15. The highest BCUT2D eigenvalue weighted by Crippen LogP contribution is 2.32. The fraction of sp³-hybridized carbons (Fsp3) is 0.300. The van der Waals surface area contributed by atoms with Crippen LogP contribution in [0.3, 0.4) is 0 Å². The Kier molecular flexibility index (Phi) is 4.93. The Bertz CT molecular complexity index is 354. The van der Waals surface area contributed by atoms with Gasteiger partial charge in [-0.05, 0) is 59.5 Å². The van der Waals surface area contributed by atoms with Crippen molar-refractivity contribution < 1.29 is 4.79 Å². The highest BCUT2D eigenvalue weighted by Gasteiger charge is 2.16. The standard InChI is InChI=1S/C10H10BrIOS/c1-6(13)10(11)8-5-7(12)3-4-9(8)14-2/h3-5,10H,1-2H3. The number of benzene rings is 1. The number of carbonyl (C=O) groups is 1. The summed E-state index contributed by atoms with van der Waals surface area (Å²) in [6.07, 6.45) is 2.02. The van der Waals surface area contributed by atoms with Gasteiger partial charge in [0.2, 0.25) is 0 Å². The minimum absolute atomic E-state index is 0.141.